The summed E-state index contributed by atoms with van der Waals surface area (Å²) >= 11 is 5.89. The van der Waals surface area contributed by atoms with E-state index in [4.69, 9.17) is 21.1 Å². The Morgan fingerprint density at radius 2 is 1.70 bits per heavy atom. The summed E-state index contributed by atoms with van der Waals surface area (Å²) in [6, 6.07) is 15.1. The normalized spacial score (nSPS) is 11.0. The number of nitriles is 1. The van der Waals surface area contributed by atoms with Crippen LogP contribution in [0.2, 0.25) is 5.02 Å². The standard InChI is InChI=1S/C19H18ClNO2/c1-3-22-18-10-7-15(12-19(18)23-4-2)16(13-21)11-14-5-8-17(20)9-6-14/h5-12H,3-4H2,1-2H3/b16-11+. The van der Waals surface area contributed by atoms with Crippen molar-refractivity contribution in [1.29, 1.82) is 5.26 Å². The quantitative estimate of drug-likeness (QED) is 0.541. The number of nitrogens with zero attached hydrogens (tertiary/aromatic N) is 1. The summed E-state index contributed by atoms with van der Waals surface area (Å²) in [5, 5.41) is 10.1. The highest BCUT2D eigenvalue weighted by Gasteiger charge is 2.09. The van der Waals surface area contributed by atoms with Crippen LogP contribution in [0.3, 0.4) is 0 Å². The second-order valence-electron chi connectivity index (χ2n) is 4.75. The highest BCUT2D eigenvalue weighted by Crippen LogP contribution is 2.31. The Balaban J connectivity index is 2.39. The van der Waals surface area contributed by atoms with E-state index in [1.165, 1.54) is 0 Å². The van der Waals surface area contributed by atoms with Crippen LogP contribution in [0.15, 0.2) is 42.5 Å². The minimum Gasteiger partial charge on any atom is -0.490 e. The monoisotopic (exact) mass is 327 g/mol. The lowest BCUT2D eigenvalue weighted by atomic mass is 10.0. The molecule has 23 heavy (non-hydrogen) atoms. The number of hydrogen-bond acceptors (Lipinski definition) is 3. The third-order valence-corrected chi connectivity index (χ3v) is 3.41. The van der Waals surface area contributed by atoms with Gasteiger partial charge in [0.05, 0.1) is 24.9 Å². The Bertz CT molecular complexity index is 730. The van der Waals surface area contributed by atoms with E-state index in [1.54, 1.807) is 12.1 Å². The molecule has 0 atom stereocenters. The number of allylic oxidation sites excluding steroid dienone is 1. The fourth-order valence-electron chi connectivity index (χ4n) is 2.12. The van der Waals surface area contributed by atoms with Gasteiger partial charge in [0.1, 0.15) is 0 Å². The molecule has 0 saturated carbocycles. The van der Waals surface area contributed by atoms with Crippen molar-refractivity contribution in [2.45, 2.75) is 13.8 Å². The average Bonchev–Trinajstić information content (AvgIpc) is 2.56. The first kappa shape index (κ1) is 16.9. The molecule has 4 heteroatoms. The van der Waals surface area contributed by atoms with E-state index in [0.717, 1.165) is 11.1 Å². The van der Waals surface area contributed by atoms with Crippen LogP contribution in [0.1, 0.15) is 25.0 Å². The zero-order chi connectivity index (χ0) is 16.7. The Labute approximate surface area is 141 Å². The number of benzene rings is 2. The van der Waals surface area contributed by atoms with E-state index in [-0.39, 0.29) is 0 Å². The Morgan fingerprint density at radius 3 is 2.30 bits per heavy atom. The summed E-state index contributed by atoms with van der Waals surface area (Å²) in [5.74, 6) is 1.32. The van der Waals surface area contributed by atoms with Crippen molar-refractivity contribution in [3.05, 3.63) is 58.6 Å². The molecule has 0 aliphatic rings. The molecule has 0 unspecified atom stereocenters. The van der Waals surface area contributed by atoms with Crippen LogP contribution in [0.25, 0.3) is 11.6 Å². The van der Waals surface area contributed by atoms with Crippen molar-refractivity contribution < 1.29 is 9.47 Å². The molecule has 0 aromatic heterocycles. The van der Waals surface area contributed by atoms with E-state index < -0.39 is 0 Å². The lowest BCUT2D eigenvalue weighted by Crippen LogP contribution is -1.99. The van der Waals surface area contributed by atoms with Gasteiger partial charge in [-0.25, -0.2) is 0 Å². The van der Waals surface area contributed by atoms with Gasteiger partial charge in [-0.3, -0.25) is 0 Å². The van der Waals surface area contributed by atoms with Crippen molar-refractivity contribution in [2.75, 3.05) is 13.2 Å². The largest absolute Gasteiger partial charge is 0.490 e. The molecule has 2 aromatic rings. The smallest absolute Gasteiger partial charge is 0.161 e. The van der Waals surface area contributed by atoms with Gasteiger partial charge in [-0.05, 0) is 61.4 Å². The molecule has 0 saturated heterocycles. The van der Waals surface area contributed by atoms with Gasteiger partial charge in [0, 0.05) is 5.02 Å². The van der Waals surface area contributed by atoms with E-state index in [0.29, 0.717) is 35.3 Å². The summed E-state index contributed by atoms with van der Waals surface area (Å²) in [6.07, 6.45) is 1.82. The Hall–Kier alpha value is -2.44. The van der Waals surface area contributed by atoms with Crippen molar-refractivity contribution in [3.63, 3.8) is 0 Å². The third-order valence-electron chi connectivity index (χ3n) is 3.16. The predicted molar refractivity (Wildman–Crippen MR) is 93.7 cm³/mol. The van der Waals surface area contributed by atoms with Gasteiger partial charge in [0.25, 0.3) is 0 Å². The van der Waals surface area contributed by atoms with Gasteiger partial charge in [0.2, 0.25) is 0 Å². The molecule has 0 bridgehead atoms. The zero-order valence-corrected chi connectivity index (χ0v) is 13.9. The summed E-state index contributed by atoms with van der Waals surface area (Å²) in [7, 11) is 0. The van der Waals surface area contributed by atoms with Crippen LogP contribution in [0.4, 0.5) is 0 Å². The maximum atomic E-state index is 9.47. The number of hydrogen-bond donors (Lipinski definition) is 0. The van der Waals surface area contributed by atoms with Gasteiger partial charge in [-0.15, -0.1) is 0 Å². The number of ether oxygens (including phenoxy) is 2. The molecule has 0 aliphatic carbocycles. The lowest BCUT2D eigenvalue weighted by molar-refractivity contribution is 0.287. The zero-order valence-electron chi connectivity index (χ0n) is 13.2. The first-order chi connectivity index (χ1) is 11.2. The topological polar surface area (TPSA) is 42.2 Å². The highest BCUT2D eigenvalue weighted by atomic mass is 35.5. The van der Waals surface area contributed by atoms with Gasteiger partial charge >= 0.3 is 0 Å². The average molecular weight is 328 g/mol. The minimum absolute atomic E-state index is 0.534. The molecule has 0 amide bonds. The second-order valence-corrected chi connectivity index (χ2v) is 5.19. The Morgan fingerprint density at radius 1 is 1.04 bits per heavy atom. The SMILES string of the molecule is CCOc1ccc(/C(C#N)=C/c2ccc(Cl)cc2)cc1OCC. The summed E-state index contributed by atoms with van der Waals surface area (Å²) in [6.45, 7) is 4.93. The van der Waals surface area contributed by atoms with Gasteiger partial charge in [0.15, 0.2) is 11.5 Å². The fraction of sp³-hybridized carbons (Fsp3) is 0.211. The second kappa shape index (κ2) is 8.26. The van der Waals surface area contributed by atoms with Gasteiger partial charge < -0.3 is 9.47 Å². The predicted octanol–water partition coefficient (Wildman–Crippen LogP) is 5.20. The van der Waals surface area contributed by atoms with Crippen LogP contribution < -0.4 is 9.47 Å². The molecular formula is C19H18ClNO2. The van der Waals surface area contributed by atoms with Gasteiger partial charge in [-0.1, -0.05) is 23.7 Å². The molecule has 0 radical (unpaired) electrons. The maximum Gasteiger partial charge on any atom is 0.161 e. The molecule has 2 rings (SSSR count). The molecule has 0 heterocycles. The lowest BCUT2D eigenvalue weighted by Gasteiger charge is -2.12. The van der Waals surface area contributed by atoms with Crippen molar-refractivity contribution in [2.24, 2.45) is 0 Å². The van der Waals surface area contributed by atoms with Crippen molar-refractivity contribution >= 4 is 23.3 Å². The summed E-state index contributed by atoms with van der Waals surface area (Å²) in [4.78, 5) is 0. The van der Waals surface area contributed by atoms with Crippen LogP contribution in [-0.2, 0) is 0 Å². The summed E-state index contributed by atoms with van der Waals surface area (Å²) < 4.78 is 11.2. The molecular weight excluding hydrogens is 310 g/mol. The minimum atomic E-state index is 0.534. The van der Waals surface area contributed by atoms with Crippen LogP contribution >= 0.6 is 11.6 Å². The number of halogens is 1. The first-order valence-corrected chi connectivity index (χ1v) is 7.83. The molecule has 0 fully saturated rings. The van der Waals surface area contributed by atoms with E-state index in [2.05, 4.69) is 6.07 Å². The van der Waals surface area contributed by atoms with Crippen LogP contribution in [0, 0.1) is 11.3 Å². The molecule has 118 valence electrons. The van der Waals surface area contributed by atoms with Crippen molar-refractivity contribution in [1.82, 2.24) is 0 Å². The van der Waals surface area contributed by atoms with Crippen molar-refractivity contribution in [3.8, 4) is 17.6 Å². The van der Waals surface area contributed by atoms with E-state index in [1.807, 2.05) is 50.3 Å². The first-order valence-electron chi connectivity index (χ1n) is 7.45. The van der Waals surface area contributed by atoms with Gasteiger partial charge in [-0.2, -0.15) is 5.26 Å². The fourth-order valence-corrected chi connectivity index (χ4v) is 2.25. The van der Waals surface area contributed by atoms with Crippen LogP contribution in [0.5, 0.6) is 11.5 Å². The molecule has 0 aliphatic heterocycles. The highest BCUT2D eigenvalue weighted by molar-refractivity contribution is 6.30. The molecule has 0 spiro atoms. The molecule has 0 N–H and O–H groups in total. The third kappa shape index (κ3) is 4.51. The Kier molecular flexibility index (Phi) is 6.08. The van der Waals surface area contributed by atoms with E-state index in [9.17, 15) is 5.26 Å². The molecule has 3 nitrogen and oxygen atoms in total. The maximum absolute atomic E-state index is 9.47. The molecule has 2 aromatic carbocycles. The van der Waals surface area contributed by atoms with Crippen LogP contribution in [-0.4, -0.2) is 13.2 Å². The summed E-state index contributed by atoms with van der Waals surface area (Å²) in [5.41, 5.74) is 2.25. The number of rotatable bonds is 6. The van der Waals surface area contributed by atoms with E-state index >= 15 is 0 Å².